The fourth-order valence-electron chi connectivity index (χ4n) is 6.61. The molecular weight excluding hydrogens is 643 g/mol. The minimum Gasteiger partial charge on any atom is -0.445 e. The van der Waals surface area contributed by atoms with Gasteiger partial charge in [0.25, 0.3) is 0 Å². The van der Waals surface area contributed by atoms with Gasteiger partial charge in [0.1, 0.15) is 18.2 Å². The maximum Gasteiger partial charge on any atom is 0.410 e. The molecular formula is C38H38Cl2N6O2. The SMILES string of the molecule is O=C(OCc1ccccc1)N1CCN(c2nc(CN3CCN(C(c4ccc(Cl)cc4)c4ccc(Cl)cc4)CC3)nc3ccccc23)CC1. The number of amides is 1. The van der Waals surface area contributed by atoms with Gasteiger partial charge in [0, 0.05) is 67.8 Å². The van der Waals surface area contributed by atoms with Gasteiger partial charge in [-0.3, -0.25) is 9.80 Å². The number of anilines is 1. The molecule has 0 N–H and O–H groups in total. The summed E-state index contributed by atoms with van der Waals surface area (Å²) < 4.78 is 5.59. The summed E-state index contributed by atoms with van der Waals surface area (Å²) in [5.41, 5.74) is 4.34. The number of benzene rings is 4. The molecule has 0 unspecified atom stereocenters. The Bertz CT molecular complexity index is 1780. The number of nitrogens with zero attached hydrogens (tertiary/aromatic N) is 6. The zero-order valence-electron chi connectivity index (χ0n) is 26.7. The van der Waals surface area contributed by atoms with E-state index in [2.05, 4.69) is 51.1 Å². The number of aromatic nitrogens is 2. The van der Waals surface area contributed by atoms with Crippen molar-refractivity contribution in [3.05, 3.63) is 136 Å². The van der Waals surface area contributed by atoms with Crippen molar-refractivity contribution in [2.24, 2.45) is 0 Å². The summed E-state index contributed by atoms with van der Waals surface area (Å²) in [4.78, 5) is 31.9. The zero-order chi connectivity index (χ0) is 32.9. The molecule has 0 atom stereocenters. The predicted octanol–water partition coefficient (Wildman–Crippen LogP) is 7.30. The predicted molar refractivity (Wildman–Crippen MR) is 192 cm³/mol. The van der Waals surface area contributed by atoms with Gasteiger partial charge in [0.2, 0.25) is 0 Å². The molecule has 5 aromatic rings. The first kappa shape index (κ1) is 32.3. The summed E-state index contributed by atoms with van der Waals surface area (Å²) in [6.07, 6.45) is -0.278. The lowest BCUT2D eigenvalue weighted by atomic mass is 9.96. The van der Waals surface area contributed by atoms with Crippen molar-refractivity contribution < 1.29 is 9.53 Å². The van der Waals surface area contributed by atoms with Crippen molar-refractivity contribution in [3.63, 3.8) is 0 Å². The van der Waals surface area contributed by atoms with E-state index in [0.717, 1.165) is 64.3 Å². The number of fused-ring (bicyclic) bond motifs is 1. The molecule has 0 bridgehead atoms. The molecule has 246 valence electrons. The normalized spacial score (nSPS) is 16.1. The number of halogens is 2. The van der Waals surface area contributed by atoms with Crippen LogP contribution in [0.25, 0.3) is 10.9 Å². The van der Waals surface area contributed by atoms with Crippen LogP contribution in [0.3, 0.4) is 0 Å². The van der Waals surface area contributed by atoms with Crippen molar-refractivity contribution in [3.8, 4) is 0 Å². The van der Waals surface area contributed by atoms with Crippen LogP contribution < -0.4 is 4.90 Å². The van der Waals surface area contributed by atoms with Crippen LogP contribution in [0.4, 0.5) is 10.6 Å². The Labute approximate surface area is 291 Å². The summed E-state index contributed by atoms with van der Waals surface area (Å²) >= 11 is 12.5. The summed E-state index contributed by atoms with van der Waals surface area (Å²) in [7, 11) is 0. The Morgan fingerprint density at radius 3 is 1.94 bits per heavy atom. The molecule has 2 aliphatic heterocycles. The van der Waals surface area contributed by atoms with Crippen molar-refractivity contribution in [1.82, 2.24) is 24.7 Å². The minimum absolute atomic E-state index is 0.111. The third-order valence-corrected chi connectivity index (χ3v) is 9.68. The maximum absolute atomic E-state index is 12.8. The molecule has 10 heteroatoms. The number of para-hydroxylation sites is 1. The molecule has 0 spiro atoms. The second-order valence-electron chi connectivity index (χ2n) is 12.3. The van der Waals surface area contributed by atoms with E-state index in [1.807, 2.05) is 66.7 Å². The molecule has 48 heavy (non-hydrogen) atoms. The Morgan fingerprint density at radius 1 is 0.688 bits per heavy atom. The Morgan fingerprint density at radius 2 is 1.29 bits per heavy atom. The average Bonchev–Trinajstić information content (AvgIpc) is 3.13. The van der Waals surface area contributed by atoms with E-state index in [1.54, 1.807) is 4.90 Å². The Kier molecular flexibility index (Phi) is 10.0. The second-order valence-corrected chi connectivity index (χ2v) is 13.2. The lowest BCUT2D eigenvalue weighted by Gasteiger charge is -2.39. The van der Waals surface area contributed by atoms with Crippen LogP contribution in [0.2, 0.25) is 10.0 Å². The standard InChI is InChI=1S/C38H38Cl2N6O2/c39-31-14-10-29(11-15-31)36(30-12-16-32(40)17-13-30)44-20-18-43(19-21-44)26-35-41-34-9-5-4-8-33(34)37(42-35)45-22-24-46(25-23-45)38(47)48-27-28-6-2-1-3-7-28/h1-17,36H,18-27H2. The van der Waals surface area contributed by atoms with Gasteiger partial charge >= 0.3 is 6.09 Å². The van der Waals surface area contributed by atoms with E-state index in [-0.39, 0.29) is 18.7 Å². The maximum atomic E-state index is 12.8. The number of ether oxygens (including phenoxy) is 1. The van der Waals surface area contributed by atoms with E-state index < -0.39 is 0 Å². The van der Waals surface area contributed by atoms with Crippen molar-refractivity contribution in [2.75, 3.05) is 57.3 Å². The largest absolute Gasteiger partial charge is 0.445 e. The molecule has 2 aliphatic rings. The molecule has 4 aromatic carbocycles. The van der Waals surface area contributed by atoms with Crippen LogP contribution in [0.5, 0.6) is 0 Å². The number of hydrogen-bond acceptors (Lipinski definition) is 7. The molecule has 3 heterocycles. The first-order chi connectivity index (χ1) is 23.5. The fraction of sp³-hybridized carbons (Fsp3) is 0.289. The van der Waals surface area contributed by atoms with Gasteiger partial charge in [-0.25, -0.2) is 14.8 Å². The Balaban J connectivity index is 1.01. The molecule has 0 saturated carbocycles. The minimum atomic E-state index is -0.278. The lowest BCUT2D eigenvalue weighted by molar-refractivity contribution is 0.0941. The molecule has 2 saturated heterocycles. The quantitative estimate of drug-likeness (QED) is 0.170. The van der Waals surface area contributed by atoms with Gasteiger partial charge in [0.15, 0.2) is 0 Å². The zero-order valence-corrected chi connectivity index (χ0v) is 28.2. The lowest BCUT2D eigenvalue weighted by Crippen LogP contribution is -2.49. The topological polar surface area (TPSA) is 65.0 Å². The number of piperazine rings is 2. The van der Waals surface area contributed by atoms with Gasteiger partial charge < -0.3 is 14.5 Å². The second kappa shape index (κ2) is 14.9. The third-order valence-electron chi connectivity index (χ3n) is 9.18. The first-order valence-corrected chi connectivity index (χ1v) is 17.2. The first-order valence-electron chi connectivity index (χ1n) is 16.4. The highest BCUT2D eigenvalue weighted by Gasteiger charge is 2.28. The van der Waals surface area contributed by atoms with Crippen LogP contribution >= 0.6 is 23.2 Å². The molecule has 1 amide bonds. The van der Waals surface area contributed by atoms with Crippen LogP contribution in [-0.2, 0) is 17.9 Å². The van der Waals surface area contributed by atoms with Crippen molar-refractivity contribution >= 4 is 46.0 Å². The molecule has 0 radical (unpaired) electrons. The van der Waals surface area contributed by atoms with Crippen LogP contribution in [0.15, 0.2) is 103 Å². The number of rotatable bonds is 8. The number of hydrogen-bond donors (Lipinski definition) is 0. The van der Waals surface area contributed by atoms with E-state index in [0.29, 0.717) is 32.7 Å². The van der Waals surface area contributed by atoms with Gasteiger partial charge in [-0.1, -0.05) is 89.9 Å². The molecule has 8 nitrogen and oxygen atoms in total. The van der Waals surface area contributed by atoms with Crippen molar-refractivity contribution in [2.45, 2.75) is 19.2 Å². The van der Waals surface area contributed by atoms with Gasteiger partial charge in [-0.15, -0.1) is 0 Å². The highest BCUT2D eigenvalue weighted by atomic mass is 35.5. The smallest absolute Gasteiger partial charge is 0.410 e. The summed E-state index contributed by atoms with van der Waals surface area (Å²) in [6.45, 7) is 7.04. The van der Waals surface area contributed by atoms with Crippen LogP contribution in [0.1, 0.15) is 28.6 Å². The molecule has 1 aromatic heterocycles. The highest BCUT2D eigenvalue weighted by molar-refractivity contribution is 6.30. The summed E-state index contributed by atoms with van der Waals surface area (Å²) in [6, 6.07) is 34.4. The van der Waals surface area contributed by atoms with E-state index >= 15 is 0 Å². The molecule has 0 aliphatic carbocycles. The van der Waals surface area contributed by atoms with Gasteiger partial charge in [-0.05, 0) is 53.1 Å². The van der Waals surface area contributed by atoms with Crippen LogP contribution in [0, 0.1) is 0 Å². The monoisotopic (exact) mass is 680 g/mol. The van der Waals surface area contributed by atoms with Gasteiger partial charge in [-0.2, -0.15) is 0 Å². The fourth-order valence-corrected chi connectivity index (χ4v) is 6.87. The van der Waals surface area contributed by atoms with E-state index in [1.165, 1.54) is 11.1 Å². The van der Waals surface area contributed by atoms with Crippen molar-refractivity contribution in [1.29, 1.82) is 0 Å². The number of carbonyl (C=O) groups is 1. The number of carbonyl (C=O) groups excluding carboxylic acids is 1. The summed E-state index contributed by atoms with van der Waals surface area (Å²) in [5, 5.41) is 2.49. The van der Waals surface area contributed by atoms with E-state index in [9.17, 15) is 4.79 Å². The van der Waals surface area contributed by atoms with E-state index in [4.69, 9.17) is 37.9 Å². The van der Waals surface area contributed by atoms with Gasteiger partial charge in [0.05, 0.1) is 18.1 Å². The summed E-state index contributed by atoms with van der Waals surface area (Å²) in [5.74, 6) is 1.74. The third kappa shape index (κ3) is 7.58. The molecule has 7 rings (SSSR count). The Hall–Kier alpha value is -4.21. The van der Waals surface area contributed by atoms with Crippen LogP contribution in [-0.4, -0.2) is 83.1 Å². The highest BCUT2D eigenvalue weighted by Crippen LogP contribution is 2.32. The average molecular weight is 682 g/mol. The molecule has 2 fully saturated rings.